The van der Waals surface area contributed by atoms with Gasteiger partial charge in [0.25, 0.3) is 0 Å². The molecule has 5 saturated heterocycles. The van der Waals surface area contributed by atoms with Crippen LogP contribution < -0.4 is 18.1 Å². The monoisotopic (exact) mass is 1060 g/mol. The third kappa shape index (κ3) is 31.2. The molecule has 0 radical (unpaired) electrons. The maximum atomic E-state index is 6.00. The first-order valence-electron chi connectivity index (χ1n) is 25.8. The Morgan fingerprint density at radius 3 is 0.886 bits per heavy atom. The molecule has 0 atom stereocenters. The Kier molecular flexibility index (Phi) is 55.8. The number of para-hydroxylation sites is 4. The van der Waals surface area contributed by atoms with Crippen LogP contribution in [0, 0.1) is 10.8 Å². The largest absolute Gasteiger partial charge is 0.463 e. The van der Waals surface area contributed by atoms with Gasteiger partial charge >= 0.3 is 34.4 Å². The van der Waals surface area contributed by atoms with E-state index in [0.29, 0.717) is 64.4 Å². The third-order valence-electron chi connectivity index (χ3n) is 7.50. The van der Waals surface area contributed by atoms with Crippen LogP contribution in [0.15, 0.2) is 121 Å². The van der Waals surface area contributed by atoms with Gasteiger partial charge in [0.1, 0.15) is 23.0 Å². The van der Waals surface area contributed by atoms with Crippen molar-refractivity contribution in [2.45, 2.75) is 138 Å². The first-order valence-corrected chi connectivity index (χ1v) is 30.2. The summed E-state index contributed by atoms with van der Waals surface area (Å²) in [7, 11) is -5.55. The molecule has 4 aromatic rings. The zero-order chi connectivity index (χ0) is 53.9. The van der Waals surface area contributed by atoms with Gasteiger partial charge in [-0.1, -0.05) is 211 Å². The molecule has 0 aromatic heterocycles. The summed E-state index contributed by atoms with van der Waals surface area (Å²) in [6.45, 7) is 44.0. The highest BCUT2D eigenvalue weighted by Crippen LogP contribution is 2.55. The molecule has 2 bridgehead atoms. The summed E-state index contributed by atoms with van der Waals surface area (Å²) < 4.78 is 68.8. The molecule has 12 nitrogen and oxygen atoms in total. The Labute approximate surface area is 433 Å². The molecule has 4 aromatic carbocycles. The highest BCUT2D eigenvalue weighted by Gasteiger charge is 2.46. The second-order valence-electron chi connectivity index (χ2n) is 11.7. The van der Waals surface area contributed by atoms with Crippen LogP contribution >= 0.6 is 34.4 Å². The molecule has 5 aliphatic heterocycles. The van der Waals surface area contributed by atoms with Gasteiger partial charge < -0.3 is 49.8 Å². The Balaban J connectivity index is -0.000000459. The van der Waals surface area contributed by atoms with Crippen molar-refractivity contribution >= 4 is 34.4 Å². The molecule has 0 unspecified atom stereocenters. The minimum Gasteiger partial charge on any atom is -0.427 e. The van der Waals surface area contributed by atoms with Crippen LogP contribution in [0.1, 0.15) is 138 Å². The van der Waals surface area contributed by atoms with E-state index in [0.717, 1.165) is 11.5 Å². The molecule has 0 saturated carbocycles. The number of rotatable bonds is 11. The molecular formula is C54H96O12P4. The van der Waals surface area contributed by atoms with E-state index in [1.54, 1.807) is 0 Å². The van der Waals surface area contributed by atoms with Gasteiger partial charge in [-0.2, -0.15) is 0 Å². The fourth-order valence-electron chi connectivity index (χ4n) is 4.65. The maximum absolute atomic E-state index is 6.00. The van der Waals surface area contributed by atoms with Gasteiger partial charge in [0.05, 0.1) is 63.7 Å². The van der Waals surface area contributed by atoms with Crippen LogP contribution in [0.5, 0.6) is 23.0 Å². The Morgan fingerprint density at radius 2 is 0.614 bits per heavy atom. The van der Waals surface area contributed by atoms with E-state index < -0.39 is 34.4 Å². The highest BCUT2D eigenvalue weighted by atomic mass is 31.2. The van der Waals surface area contributed by atoms with Gasteiger partial charge in [-0.3, -0.25) is 4.52 Å². The first kappa shape index (κ1) is 74.0. The van der Waals surface area contributed by atoms with E-state index in [4.69, 9.17) is 54.3 Å². The molecule has 5 heterocycles. The average molecular weight is 1060 g/mol. The van der Waals surface area contributed by atoms with Gasteiger partial charge in [0.15, 0.2) is 0 Å². The summed E-state index contributed by atoms with van der Waals surface area (Å²) in [5, 5.41) is 0. The van der Waals surface area contributed by atoms with Crippen LogP contribution in [0.4, 0.5) is 0 Å². The van der Waals surface area contributed by atoms with Gasteiger partial charge in [-0.05, 0) is 48.5 Å². The summed E-state index contributed by atoms with van der Waals surface area (Å²) in [5.74, 6) is 2.86. The number of benzene rings is 4. The molecule has 70 heavy (non-hydrogen) atoms. The standard InChI is InChI=1S/2C17H18O6P2.10C2H6/c1-3-7-15(8-4-1)22-24-18-11-17(12-19-24)13-20-25(21-14-17)23-16-9-5-2-6-10-16;1-3-7-15(8-4-1)22-25(23-16-9-5-2-6-10-16)21-14-17-11-18-24(19-12-17)20-13-17;10*1-2/h2*1-10H,11-14H2;10*1-2H3. The van der Waals surface area contributed by atoms with E-state index in [-0.39, 0.29) is 10.8 Å². The topological polar surface area (TPSA) is 111 Å². The molecule has 404 valence electrons. The van der Waals surface area contributed by atoms with Crippen molar-refractivity contribution in [3.05, 3.63) is 121 Å². The summed E-state index contributed by atoms with van der Waals surface area (Å²) in [6.07, 6.45) is 0. The lowest BCUT2D eigenvalue weighted by atomic mass is 9.93. The lowest BCUT2D eigenvalue weighted by Crippen LogP contribution is -2.46. The van der Waals surface area contributed by atoms with Crippen LogP contribution in [-0.4, -0.2) is 52.9 Å². The zero-order valence-electron chi connectivity index (χ0n) is 46.9. The van der Waals surface area contributed by atoms with Gasteiger partial charge in [0, 0.05) is 0 Å². The van der Waals surface area contributed by atoms with Crippen molar-refractivity contribution in [1.29, 1.82) is 0 Å². The van der Waals surface area contributed by atoms with Gasteiger partial charge in [-0.15, -0.1) is 0 Å². The van der Waals surface area contributed by atoms with Crippen LogP contribution in [0.2, 0.25) is 0 Å². The molecule has 16 heteroatoms. The van der Waals surface area contributed by atoms with E-state index in [1.165, 1.54) is 0 Å². The fraction of sp³-hybridized carbons (Fsp3) is 0.556. The van der Waals surface area contributed by atoms with Crippen molar-refractivity contribution in [1.82, 2.24) is 0 Å². The predicted octanol–water partition coefficient (Wildman–Crippen LogP) is 19.6. The minimum atomic E-state index is -1.62. The molecule has 5 fully saturated rings. The van der Waals surface area contributed by atoms with Crippen molar-refractivity contribution in [2.75, 3.05) is 52.9 Å². The lowest BCUT2D eigenvalue weighted by molar-refractivity contribution is -0.0925. The highest BCUT2D eigenvalue weighted by molar-refractivity contribution is 7.43. The number of hydrogen-bond donors (Lipinski definition) is 0. The van der Waals surface area contributed by atoms with Crippen molar-refractivity contribution in [3.63, 3.8) is 0 Å². The van der Waals surface area contributed by atoms with E-state index in [9.17, 15) is 0 Å². The maximum Gasteiger partial charge on any atom is 0.463 e. The smallest absolute Gasteiger partial charge is 0.427 e. The number of fused-ring (bicyclic) bond motifs is 3. The third-order valence-corrected chi connectivity index (χ3v) is 11.7. The molecule has 1 spiro atoms. The second kappa shape index (κ2) is 52.8. The molecular weight excluding hydrogens is 964 g/mol. The summed E-state index contributed by atoms with van der Waals surface area (Å²) in [5.41, 5.74) is -0.616. The zero-order valence-corrected chi connectivity index (χ0v) is 50.5. The van der Waals surface area contributed by atoms with Crippen molar-refractivity contribution in [3.8, 4) is 23.0 Å². The SMILES string of the molecule is CC.CC.CC.CC.CC.CC.CC.CC.CC.CC.c1ccc(OP(OCC23COP(OC2)OC3)Oc2ccccc2)cc1.c1ccc(OP2OCC3(CO2)COP(Oc2ccccc2)OC3)cc1. The van der Waals surface area contributed by atoms with E-state index >= 15 is 0 Å². The molecule has 0 aliphatic carbocycles. The second-order valence-corrected chi connectivity index (χ2v) is 16.3. The van der Waals surface area contributed by atoms with Crippen LogP contribution in [0.25, 0.3) is 0 Å². The minimum absolute atomic E-state index is 0.308. The normalized spacial score (nSPS) is 20.3. The fourth-order valence-corrected chi connectivity index (χ4v) is 9.59. The van der Waals surface area contributed by atoms with E-state index in [2.05, 4.69) is 0 Å². The molecule has 0 N–H and O–H groups in total. The van der Waals surface area contributed by atoms with Gasteiger partial charge in [-0.25, -0.2) is 0 Å². The van der Waals surface area contributed by atoms with Gasteiger partial charge in [0.2, 0.25) is 0 Å². The van der Waals surface area contributed by atoms with Crippen molar-refractivity contribution < 1.29 is 54.3 Å². The summed E-state index contributed by atoms with van der Waals surface area (Å²) >= 11 is 0. The van der Waals surface area contributed by atoms with Crippen LogP contribution in [0.3, 0.4) is 0 Å². The molecule has 5 aliphatic rings. The van der Waals surface area contributed by atoms with Crippen LogP contribution in [-0.2, 0) is 36.2 Å². The molecule has 9 rings (SSSR count). The number of hydrogen-bond acceptors (Lipinski definition) is 12. The molecule has 0 amide bonds. The summed E-state index contributed by atoms with van der Waals surface area (Å²) in [6, 6.07) is 38.0. The Hall–Kier alpha value is -2.52. The quantitative estimate of drug-likeness (QED) is 0.133. The Morgan fingerprint density at radius 1 is 0.357 bits per heavy atom. The average Bonchev–Trinajstić information content (AvgIpc) is 3.49. The Bertz CT molecular complexity index is 1450. The summed E-state index contributed by atoms with van der Waals surface area (Å²) in [4.78, 5) is 0. The predicted molar refractivity (Wildman–Crippen MR) is 302 cm³/mol. The van der Waals surface area contributed by atoms with Crippen molar-refractivity contribution in [2.24, 2.45) is 10.8 Å². The first-order chi connectivity index (χ1) is 34.6. The van der Waals surface area contributed by atoms with E-state index in [1.807, 2.05) is 260 Å². The lowest BCUT2D eigenvalue weighted by Gasteiger charge is -2.43.